The molecule has 0 radical (unpaired) electrons. The Balaban J connectivity index is 1.58. The number of carbonyl (C=O) groups excluding carboxylic acids is 1. The van der Waals surface area contributed by atoms with E-state index in [0.717, 1.165) is 18.7 Å². The number of nitrogens with zero attached hydrogens (tertiary/aromatic N) is 1. The van der Waals surface area contributed by atoms with Crippen molar-refractivity contribution in [2.75, 3.05) is 13.1 Å². The van der Waals surface area contributed by atoms with Crippen molar-refractivity contribution in [1.29, 1.82) is 0 Å². The van der Waals surface area contributed by atoms with Gasteiger partial charge in [-0.25, -0.2) is 0 Å². The molecule has 0 bridgehead atoms. The second kappa shape index (κ2) is 5.44. The van der Waals surface area contributed by atoms with Gasteiger partial charge >= 0.3 is 0 Å². The highest BCUT2D eigenvalue weighted by Gasteiger charge is 2.38. The van der Waals surface area contributed by atoms with Crippen LogP contribution in [0.25, 0.3) is 0 Å². The largest absolute Gasteiger partial charge is 0.508 e. The Kier molecular flexibility index (Phi) is 3.66. The fourth-order valence-corrected chi connectivity index (χ4v) is 3.62. The fourth-order valence-electron chi connectivity index (χ4n) is 3.62. The molecule has 2 aliphatic rings. The highest BCUT2D eigenvalue weighted by atomic mass is 16.3. The number of nitrogens with two attached hydrogens (primary N) is 1. The lowest BCUT2D eigenvalue weighted by Gasteiger charge is -2.21. The SMILES string of the molecule is N[C@H](Cc1ccc(O)cc1)C(=O)N1CC2CCCC2C1. The summed E-state index contributed by atoms with van der Waals surface area (Å²) in [5.41, 5.74) is 7.05. The first-order valence-corrected chi connectivity index (χ1v) is 7.46. The molecule has 3 atom stereocenters. The lowest BCUT2D eigenvalue weighted by molar-refractivity contribution is -0.131. The molecule has 20 heavy (non-hydrogen) atoms. The quantitative estimate of drug-likeness (QED) is 0.878. The van der Waals surface area contributed by atoms with Gasteiger partial charge in [-0.05, 0) is 48.8 Å². The summed E-state index contributed by atoms with van der Waals surface area (Å²) in [6.45, 7) is 1.79. The van der Waals surface area contributed by atoms with Gasteiger partial charge in [0.25, 0.3) is 0 Å². The zero-order valence-corrected chi connectivity index (χ0v) is 11.7. The van der Waals surface area contributed by atoms with Gasteiger partial charge in [0.1, 0.15) is 5.75 Å². The van der Waals surface area contributed by atoms with E-state index in [0.29, 0.717) is 18.3 Å². The van der Waals surface area contributed by atoms with Crippen molar-refractivity contribution in [3.05, 3.63) is 29.8 Å². The Bertz CT molecular complexity index is 474. The minimum atomic E-state index is -0.474. The van der Waals surface area contributed by atoms with E-state index >= 15 is 0 Å². The van der Waals surface area contributed by atoms with Gasteiger partial charge in [-0.1, -0.05) is 18.6 Å². The van der Waals surface area contributed by atoms with Crippen LogP contribution in [0.1, 0.15) is 24.8 Å². The van der Waals surface area contributed by atoms with Gasteiger partial charge in [-0.2, -0.15) is 0 Å². The Hall–Kier alpha value is -1.55. The molecule has 1 aromatic carbocycles. The standard InChI is InChI=1S/C16H22N2O2/c17-15(8-11-4-6-14(19)7-5-11)16(20)18-9-12-2-1-3-13(12)10-18/h4-7,12-13,15,19H,1-3,8-10,17H2/t12?,13?,15-/m1/s1. The van der Waals surface area contributed by atoms with E-state index in [1.165, 1.54) is 19.3 Å². The number of carbonyl (C=O) groups is 1. The summed E-state index contributed by atoms with van der Waals surface area (Å²) in [6.07, 6.45) is 4.38. The number of benzene rings is 1. The van der Waals surface area contributed by atoms with Crippen molar-refractivity contribution in [3.8, 4) is 5.75 Å². The normalized spacial score (nSPS) is 26.6. The number of phenols is 1. The molecular formula is C16H22N2O2. The van der Waals surface area contributed by atoms with E-state index in [-0.39, 0.29) is 11.7 Å². The van der Waals surface area contributed by atoms with Crippen molar-refractivity contribution in [3.63, 3.8) is 0 Å². The zero-order valence-electron chi connectivity index (χ0n) is 11.7. The summed E-state index contributed by atoms with van der Waals surface area (Å²) in [5.74, 6) is 1.73. The Morgan fingerprint density at radius 3 is 2.45 bits per heavy atom. The van der Waals surface area contributed by atoms with Crippen LogP contribution in [0.2, 0.25) is 0 Å². The van der Waals surface area contributed by atoms with Crippen LogP contribution < -0.4 is 5.73 Å². The highest BCUT2D eigenvalue weighted by Crippen LogP contribution is 2.37. The molecule has 3 rings (SSSR count). The molecular weight excluding hydrogens is 252 g/mol. The van der Waals surface area contributed by atoms with Crippen molar-refractivity contribution >= 4 is 5.91 Å². The van der Waals surface area contributed by atoms with Crippen LogP contribution >= 0.6 is 0 Å². The first kappa shape index (κ1) is 13.4. The van der Waals surface area contributed by atoms with E-state index in [2.05, 4.69) is 0 Å². The lowest BCUT2D eigenvalue weighted by atomic mass is 10.0. The molecule has 4 nitrogen and oxygen atoms in total. The number of hydrogen-bond donors (Lipinski definition) is 2. The predicted octanol–water partition coefficient (Wildman–Crippen LogP) is 1.52. The predicted molar refractivity (Wildman–Crippen MR) is 77.2 cm³/mol. The molecule has 0 spiro atoms. The molecule has 2 unspecified atom stereocenters. The molecule has 1 aliphatic carbocycles. The smallest absolute Gasteiger partial charge is 0.239 e. The summed E-state index contributed by atoms with van der Waals surface area (Å²) in [4.78, 5) is 14.4. The van der Waals surface area contributed by atoms with Gasteiger partial charge in [0.2, 0.25) is 5.91 Å². The first-order chi connectivity index (χ1) is 9.63. The van der Waals surface area contributed by atoms with Crippen LogP contribution in [0.4, 0.5) is 0 Å². The van der Waals surface area contributed by atoms with Crippen molar-refractivity contribution in [1.82, 2.24) is 4.90 Å². The molecule has 108 valence electrons. The first-order valence-electron chi connectivity index (χ1n) is 7.46. The van der Waals surface area contributed by atoms with Crippen molar-refractivity contribution < 1.29 is 9.90 Å². The summed E-state index contributed by atoms with van der Waals surface area (Å²) in [6, 6.07) is 6.43. The fraction of sp³-hybridized carbons (Fsp3) is 0.562. The molecule has 2 fully saturated rings. The summed E-state index contributed by atoms with van der Waals surface area (Å²) >= 11 is 0. The molecule has 1 aromatic rings. The number of rotatable bonds is 3. The van der Waals surface area contributed by atoms with Gasteiger partial charge < -0.3 is 15.7 Å². The average molecular weight is 274 g/mol. The number of hydrogen-bond acceptors (Lipinski definition) is 3. The maximum Gasteiger partial charge on any atom is 0.239 e. The van der Waals surface area contributed by atoms with Crippen LogP contribution in [-0.2, 0) is 11.2 Å². The maximum atomic E-state index is 12.4. The Morgan fingerprint density at radius 1 is 1.25 bits per heavy atom. The average Bonchev–Trinajstić information content (AvgIpc) is 3.01. The third-order valence-corrected chi connectivity index (χ3v) is 4.75. The Morgan fingerprint density at radius 2 is 1.85 bits per heavy atom. The van der Waals surface area contributed by atoms with Crippen LogP contribution in [-0.4, -0.2) is 35.0 Å². The lowest BCUT2D eigenvalue weighted by Crippen LogP contribution is -2.44. The van der Waals surface area contributed by atoms with Crippen LogP contribution in [0.3, 0.4) is 0 Å². The number of fused-ring (bicyclic) bond motifs is 1. The minimum absolute atomic E-state index is 0.0764. The maximum absolute atomic E-state index is 12.4. The van der Waals surface area contributed by atoms with Gasteiger partial charge in [0.15, 0.2) is 0 Å². The van der Waals surface area contributed by atoms with E-state index in [1.54, 1.807) is 12.1 Å². The topological polar surface area (TPSA) is 66.6 Å². The van der Waals surface area contributed by atoms with Crippen LogP contribution in [0.5, 0.6) is 5.75 Å². The minimum Gasteiger partial charge on any atom is -0.508 e. The van der Waals surface area contributed by atoms with Gasteiger partial charge in [-0.15, -0.1) is 0 Å². The van der Waals surface area contributed by atoms with Crippen LogP contribution in [0, 0.1) is 11.8 Å². The summed E-state index contributed by atoms with van der Waals surface area (Å²) in [5, 5.41) is 9.26. The van der Waals surface area contributed by atoms with Gasteiger partial charge in [0, 0.05) is 13.1 Å². The number of amides is 1. The van der Waals surface area contributed by atoms with Crippen LogP contribution in [0.15, 0.2) is 24.3 Å². The molecule has 1 aliphatic heterocycles. The van der Waals surface area contributed by atoms with Gasteiger partial charge in [-0.3, -0.25) is 4.79 Å². The third kappa shape index (κ3) is 2.66. The van der Waals surface area contributed by atoms with E-state index < -0.39 is 6.04 Å². The number of phenolic OH excluding ortho intramolecular Hbond substituents is 1. The highest BCUT2D eigenvalue weighted by molar-refractivity contribution is 5.82. The molecule has 1 amide bonds. The molecule has 1 saturated heterocycles. The molecule has 1 saturated carbocycles. The number of likely N-dealkylation sites (tertiary alicyclic amines) is 1. The third-order valence-electron chi connectivity index (χ3n) is 4.75. The van der Waals surface area contributed by atoms with E-state index in [4.69, 9.17) is 5.73 Å². The second-order valence-corrected chi connectivity index (χ2v) is 6.17. The monoisotopic (exact) mass is 274 g/mol. The second-order valence-electron chi connectivity index (χ2n) is 6.17. The summed E-state index contributed by atoms with van der Waals surface area (Å²) in [7, 11) is 0. The van der Waals surface area contributed by atoms with Crippen molar-refractivity contribution in [2.24, 2.45) is 17.6 Å². The summed E-state index contributed by atoms with van der Waals surface area (Å²) < 4.78 is 0. The molecule has 0 aromatic heterocycles. The van der Waals surface area contributed by atoms with E-state index in [1.807, 2.05) is 17.0 Å². The van der Waals surface area contributed by atoms with E-state index in [9.17, 15) is 9.90 Å². The van der Waals surface area contributed by atoms with Crippen molar-refractivity contribution in [2.45, 2.75) is 31.7 Å². The molecule has 4 heteroatoms. The molecule has 1 heterocycles. The zero-order chi connectivity index (χ0) is 14.1. The van der Waals surface area contributed by atoms with Gasteiger partial charge in [0.05, 0.1) is 6.04 Å². The number of aromatic hydroxyl groups is 1. The molecule has 3 N–H and O–H groups in total. The Labute approximate surface area is 119 Å².